The first-order chi connectivity index (χ1) is 29.6. The van der Waals surface area contributed by atoms with Crippen molar-refractivity contribution in [3.05, 3.63) is 12.7 Å². The minimum Gasteiger partial charge on any atom is -0.756 e. The van der Waals surface area contributed by atoms with Crippen molar-refractivity contribution in [1.82, 2.24) is 30.2 Å². The molecular formula is C35H59LiN7O17P3S-2. The first kappa shape index (κ1) is 58.3. The number of hydrogen-bond donors (Lipinski definition) is 6. The molecule has 2 amide bonds. The van der Waals surface area contributed by atoms with Gasteiger partial charge in [0.25, 0.3) is 23.5 Å². The number of phosphoric acid groups is 3. The maximum Gasteiger partial charge on any atom is 1.00 e. The molecule has 7 N–H and O–H groups in total. The summed E-state index contributed by atoms with van der Waals surface area (Å²) in [6.07, 6.45) is 6.22. The molecular weight excluding hydrogens is 922 g/mol. The summed E-state index contributed by atoms with van der Waals surface area (Å²) in [7, 11) is -17.3. The van der Waals surface area contributed by atoms with Crippen LogP contribution >= 0.6 is 35.2 Å². The van der Waals surface area contributed by atoms with Crippen LogP contribution in [-0.2, 0) is 50.7 Å². The van der Waals surface area contributed by atoms with Gasteiger partial charge in [-0.1, -0.05) is 96.7 Å². The van der Waals surface area contributed by atoms with Crippen molar-refractivity contribution in [2.45, 2.75) is 135 Å². The monoisotopic (exact) mass is 981 g/mol. The van der Waals surface area contributed by atoms with Crippen LogP contribution in [0.5, 0.6) is 0 Å². The van der Waals surface area contributed by atoms with E-state index in [9.17, 15) is 57.9 Å². The summed E-state index contributed by atoms with van der Waals surface area (Å²) in [6, 6.07) is 0. The van der Waals surface area contributed by atoms with Crippen molar-refractivity contribution in [2.24, 2.45) is 5.41 Å². The second kappa shape index (κ2) is 27.8. The number of nitrogens with one attached hydrogen (secondary N) is 2. The van der Waals surface area contributed by atoms with Gasteiger partial charge in [0.2, 0.25) is 11.8 Å². The van der Waals surface area contributed by atoms with Crippen LogP contribution in [-0.4, -0.2) is 108 Å². The summed E-state index contributed by atoms with van der Waals surface area (Å²) in [4.78, 5) is 94.6. The number of unbranched alkanes of at least 4 members (excludes halogenated alkanes) is 10. The molecule has 8 atom stereocenters. The van der Waals surface area contributed by atoms with Crippen LogP contribution in [0.15, 0.2) is 12.7 Å². The molecule has 8 unspecified atom stereocenters. The molecule has 0 spiro atoms. The summed E-state index contributed by atoms with van der Waals surface area (Å²) in [5, 5.41) is 26.5. The third kappa shape index (κ3) is 20.6. The number of rotatable bonds is 31. The molecule has 0 aromatic carbocycles. The van der Waals surface area contributed by atoms with E-state index in [0.717, 1.165) is 48.2 Å². The van der Waals surface area contributed by atoms with Gasteiger partial charge in [-0.15, -0.1) is 0 Å². The number of aromatic nitrogens is 4. The predicted molar refractivity (Wildman–Crippen MR) is 222 cm³/mol. The summed E-state index contributed by atoms with van der Waals surface area (Å²) in [5.74, 6) is -1.11. The van der Waals surface area contributed by atoms with E-state index in [-0.39, 0.29) is 60.5 Å². The quantitative estimate of drug-likeness (QED) is 0.0284. The second-order valence-corrected chi connectivity index (χ2v) is 20.8. The number of nitrogens with two attached hydrogens (primary N) is 1. The average molecular weight is 982 g/mol. The number of carbonyl (C=O) groups is 3. The van der Waals surface area contributed by atoms with Gasteiger partial charge in [0.05, 0.1) is 19.5 Å². The first-order valence-electron chi connectivity index (χ1n) is 20.5. The third-order valence-corrected chi connectivity index (χ3v) is 13.7. The Morgan fingerprint density at radius 2 is 1.55 bits per heavy atom. The van der Waals surface area contributed by atoms with Crippen molar-refractivity contribution in [3.63, 3.8) is 0 Å². The zero-order valence-electron chi connectivity index (χ0n) is 36.4. The van der Waals surface area contributed by atoms with E-state index in [2.05, 4.69) is 50.4 Å². The van der Waals surface area contributed by atoms with Crippen LogP contribution in [0.3, 0.4) is 0 Å². The number of phosphoric ester groups is 3. The van der Waals surface area contributed by atoms with Crippen molar-refractivity contribution in [1.29, 1.82) is 0 Å². The van der Waals surface area contributed by atoms with Crippen LogP contribution in [0.4, 0.5) is 5.82 Å². The standard InChI is InChI=1S/C35H62N7O17P3S.Li/c1-4-5-6-7-8-9-10-11-12-13-14-15-26(44)63-19-18-37-25(43)16-17-38-33(47)30(46)35(2,3)21-56-62(53,54)59-61(51,52)55-20-24-29(58-60(48,49)50)28(45)34(57-24)42-23-41-27-31(36)39-22-40-32(27)42;/h22-24,28-30,34,45-46H,4-21H2,1-3H3,(H,37,43)(H,38,47)(H,51,52)(H,53,54)(H2,36,39,40)(H2,48,49,50);/q;+1/p-3. The van der Waals surface area contributed by atoms with Crippen molar-refractivity contribution < 1.29 is 99.3 Å². The minimum atomic E-state index is -5.90. The Kier molecular flexibility index (Phi) is 25.4. The minimum absolute atomic E-state index is 0. The molecule has 2 aromatic heterocycles. The number of nitrogens with zero attached hydrogens (tertiary/aromatic N) is 4. The van der Waals surface area contributed by atoms with E-state index in [1.54, 1.807) is 0 Å². The number of aliphatic hydroxyl groups is 2. The Morgan fingerprint density at radius 1 is 0.938 bits per heavy atom. The fourth-order valence-corrected chi connectivity index (χ4v) is 9.75. The normalized spacial score (nSPS) is 21.0. The molecule has 360 valence electrons. The molecule has 24 nitrogen and oxygen atoms in total. The Balaban J connectivity index is 0.0000141. The molecule has 64 heavy (non-hydrogen) atoms. The van der Waals surface area contributed by atoms with Crippen LogP contribution in [0.2, 0.25) is 0 Å². The van der Waals surface area contributed by atoms with Crippen molar-refractivity contribution in [3.8, 4) is 0 Å². The van der Waals surface area contributed by atoms with Gasteiger partial charge < -0.3 is 64.5 Å². The molecule has 29 heteroatoms. The molecule has 1 saturated heterocycles. The number of aliphatic hydroxyl groups excluding tert-OH is 2. The fraction of sp³-hybridized carbons (Fsp3) is 0.771. The summed E-state index contributed by atoms with van der Waals surface area (Å²) < 4.78 is 61.1. The zero-order chi connectivity index (χ0) is 46.8. The number of fused-ring (bicyclic) bond motifs is 1. The molecule has 2 aromatic rings. The van der Waals surface area contributed by atoms with Crippen molar-refractivity contribution >= 4 is 69.1 Å². The molecule has 0 bridgehead atoms. The van der Waals surface area contributed by atoms with E-state index in [0.29, 0.717) is 12.2 Å². The number of ether oxygens (including phenoxy) is 1. The molecule has 0 saturated carbocycles. The van der Waals surface area contributed by atoms with Gasteiger partial charge in [0.15, 0.2) is 22.8 Å². The smallest absolute Gasteiger partial charge is 0.756 e. The topological polar surface area (TPSA) is 372 Å². The van der Waals surface area contributed by atoms with Gasteiger partial charge in [-0.3, -0.25) is 32.6 Å². The number of carbonyl (C=O) groups excluding carboxylic acids is 3. The van der Waals surface area contributed by atoms with E-state index in [1.807, 2.05) is 0 Å². The molecule has 1 fully saturated rings. The molecule has 3 heterocycles. The number of nitrogen functional groups attached to an aromatic ring is 1. The van der Waals surface area contributed by atoms with Crippen molar-refractivity contribution in [2.75, 3.05) is 37.8 Å². The van der Waals surface area contributed by atoms with Crippen LogP contribution in [0, 0.1) is 5.41 Å². The summed E-state index contributed by atoms with van der Waals surface area (Å²) >= 11 is 1.14. The number of imidazole rings is 1. The number of hydrogen-bond acceptors (Lipinski definition) is 21. The van der Waals surface area contributed by atoms with Gasteiger partial charge in [-0.05, 0) is 6.42 Å². The van der Waals surface area contributed by atoms with Crippen LogP contribution in [0.25, 0.3) is 11.2 Å². The van der Waals surface area contributed by atoms with E-state index >= 15 is 0 Å². The van der Waals surface area contributed by atoms with Gasteiger partial charge in [0.1, 0.15) is 36.3 Å². The number of thioether (sulfide) groups is 1. The Bertz CT molecular complexity index is 1930. The van der Waals surface area contributed by atoms with Gasteiger partial charge in [-0.25, -0.2) is 19.3 Å². The van der Waals surface area contributed by atoms with Gasteiger partial charge in [0, 0.05) is 37.1 Å². The largest absolute Gasteiger partial charge is 1.00 e. The zero-order valence-corrected chi connectivity index (χ0v) is 39.9. The Morgan fingerprint density at radius 3 is 2.17 bits per heavy atom. The molecule has 1 aliphatic rings. The second-order valence-electron chi connectivity index (χ2n) is 15.5. The van der Waals surface area contributed by atoms with Crippen LogP contribution in [0.1, 0.15) is 110 Å². The first-order valence-corrected chi connectivity index (χ1v) is 26.0. The molecule has 0 radical (unpaired) electrons. The Hall–Kier alpha value is -1.84. The van der Waals surface area contributed by atoms with Gasteiger partial charge >= 0.3 is 18.9 Å². The van der Waals surface area contributed by atoms with E-state index in [4.69, 9.17) is 10.5 Å². The molecule has 0 aliphatic carbocycles. The molecule has 1 aliphatic heterocycles. The summed E-state index contributed by atoms with van der Waals surface area (Å²) in [5.41, 5.74) is 4.13. The summed E-state index contributed by atoms with van der Waals surface area (Å²) in [6.45, 7) is 2.44. The SMILES string of the molecule is CCCCCCCCCCCCCC(=O)SCCNC(=O)CCNC(=O)C(O)C(C)(C)COP(=O)([O-])OP(=O)([O-])OCC1OC(n2cnc3c(N)ncnc32)C(O)C1OP(=O)([O-])O.[Li+]. The number of anilines is 1. The number of amides is 2. The van der Waals surface area contributed by atoms with Gasteiger partial charge in [-0.2, -0.15) is 0 Å². The fourth-order valence-electron chi connectivity index (χ4n) is 6.28. The maximum absolute atomic E-state index is 12.6. The molecule has 3 rings (SSSR count). The Labute approximate surface area is 387 Å². The predicted octanol–water partition coefficient (Wildman–Crippen LogP) is -1.53. The van der Waals surface area contributed by atoms with E-state index in [1.165, 1.54) is 65.2 Å². The average Bonchev–Trinajstić information content (AvgIpc) is 3.76. The maximum atomic E-state index is 12.6. The third-order valence-electron chi connectivity index (χ3n) is 9.73. The van der Waals surface area contributed by atoms with Crippen LogP contribution < -0.4 is 49.9 Å². The van der Waals surface area contributed by atoms with E-state index < -0.39 is 84.6 Å².